The average molecular weight is 444 g/mol. The van der Waals surface area contributed by atoms with Crippen molar-refractivity contribution >= 4 is 41.1 Å². The van der Waals surface area contributed by atoms with Gasteiger partial charge in [0.1, 0.15) is 6.04 Å². The Morgan fingerprint density at radius 2 is 1.79 bits per heavy atom. The lowest BCUT2D eigenvalue weighted by Gasteiger charge is -2.23. The Kier molecular flexibility index (Phi) is 11.7. The van der Waals surface area contributed by atoms with Crippen molar-refractivity contribution in [1.82, 2.24) is 16.1 Å². The van der Waals surface area contributed by atoms with Gasteiger partial charge in [-0.25, -0.2) is 5.48 Å². The molecule has 7 nitrogen and oxygen atoms in total. The molecule has 0 bridgehead atoms. The van der Waals surface area contributed by atoms with Crippen LogP contribution in [-0.2, 0) is 20.8 Å². The van der Waals surface area contributed by atoms with E-state index in [4.69, 9.17) is 16.8 Å². The van der Waals surface area contributed by atoms with Crippen LogP contribution in [0.2, 0.25) is 5.02 Å². The number of rotatable bonds is 12. The summed E-state index contributed by atoms with van der Waals surface area (Å²) < 4.78 is 0. The van der Waals surface area contributed by atoms with Gasteiger partial charge < -0.3 is 10.6 Å². The van der Waals surface area contributed by atoms with Gasteiger partial charge >= 0.3 is 0 Å². The Balaban J connectivity index is 2.93. The van der Waals surface area contributed by atoms with Crippen LogP contribution in [-0.4, -0.2) is 47.5 Å². The molecule has 3 amide bonds. The number of hydrogen-bond acceptors (Lipinski definition) is 5. The van der Waals surface area contributed by atoms with Crippen LogP contribution < -0.4 is 16.1 Å². The molecule has 0 radical (unpaired) electrons. The Morgan fingerprint density at radius 1 is 1.14 bits per heavy atom. The number of hydroxylamine groups is 1. The smallest absolute Gasteiger partial charge is 0.244 e. The van der Waals surface area contributed by atoms with Crippen LogP contribution in [0.1, 0.15) is 32.3 Å². The first-order valence-corrected chi connectivity index (χ1v) is 11.3. The van der Waals surface area contributed by atoms with Crippen LogP contribution >= 0.6 is 23.4 Å². The first-order chi connectivity index (χ1) is 13.8. The monoisotopic (exact) mass is 443 g/mol. The molecule has 0 spiro atoms. The maximum absolute atomic E-state index is 12.8. The number of amides is 3. The van der Waals surface area contributed by atoms with Crippen molar-refractivity contribution in [3.8, 4) is 0 Å². The third-order valence-corrected chi connectivity index (χ3v) is 5.14. The van der Waals surface area contributed by atoms with Crippen LogP contribution in [0.3, 0.4) is 0 Å². The molecule has 162 valence electrons. The molecule has 0 aliphatic heterocycles. The molecule has 29 heavy (non-hydrogen) atoms. The first-order valence-electron chi connectivity index (χ1n) is 9.51. The standard InChI is InChI=1S/C20H30ClN3O4S/c1-13(2)10-15(12-18(25)24-28)19(26)23-17(20(27)22-8-9-29-3)11-14-4-6-16(21)7-5-14/h4-7,13,15,17,28H,8-12H2,1-3H3,(H,22,27)(H,23,26)(H,24,25)/t15?,17-/m0/s1. The minimum atomic E-state index is -0.780. The predicted octanol–water partition coefficient (Wildman–Crippen LogP) is 2.40. The fraction of sp³-hybridized carbons (Fsp3) is 0.550. The van der Waals surface area contributed by atoms with Gasteiger partial charge in [-0.15, -0.1) is 0 Å². The van der Waals surface area contributed by atoms with E-state index in [0.29, 0.717) is 24.4 Å². The molecule has 2 atom stereocenters. The SMILES string of the molecule is CSCCNC(=O)[C@H](Cc1ccc(Cl)cc1)NC(=O)C(CC(=O)NO)CC(C)C. The van der Waals surface area contributed by atoms with E-state index >= 15 is 0 Å². The summed E-state index contributed by atoms with van der Waals surface area (Å²) in [6.07, 6.45) is 2.56. The number of benzene rings is 1. The maximum atomic E-state index is 12.8. The molecule has 0 aliphatic carbocycles. The fourth-order valence-corrected chi connectivity index (χ4v) is 3.31. The zero-order valence-corrected chi connectivity index (χ0v) is 18.6. The molecule has 1 rings (SSSR count). The molecule has 1 aromatic carbocycles. The van der Waals surface area contributed by atoms with E-state index in [-0.39, 0.29) is 24.2 Å². The van der Waals surface area contributed by atoms with Crippen molar-refractivity contribution in [3.63, 3.8) is 0 Å². The van der Waals surface area contributed by atoms with Gasteiger partial charge in [0, 0.05) is 36.1 Å². The van der Waals surface area contributed by atoms with Gasteiger partial charge in [-0.1, -0.05) is 37.6 Å². The van der Waals surface area contributed by atoms with Crippen LogP contribution in [0.4, 0.5) is 0 Å². The number of carbonyl (C=O) groups is 3. The summed E-state index contributed by atoms with van der Waals surface area (Å²) >= 11 is 7.53. The number of nitrogens with one attached hydrogen (secondary N) is 3. The average Bonchev–Trinajstić information content (AvgIpc) is 2.68. The van der Waals surface area contributed by atoms with Crippen molar-refractivity contribution in [3.05, 3.63) is 34.9 Å². The van der Waals surface area contributed by atoms with E-state index in [2.05, 4.69) is 10.6 Å². The Labute approximate surface area is 181 Å². The lowest BCUT2D eigenvalue weighted by molar-refractivity contribution is -0.136. The van der Waals surface area contributed by atoms with Gasteiger partial charge in [-0.05, 0) is 36.3 Å². The van der Waals surface area contributed by atoms with Crippen molar-refractivity contribution in [2.75, 3.05) is 18.6 Å². The Hall–Kier alpha value is -1.77. The van der Waals surface area contributed by atoms with Gasteiger partial charge in [0.25, 0.3) is 0 Å². The number of hydrogen-bond donors (Lipinski definition) is 4. The molecular weight excluding hydrogens is 414 g/mol. The highest BCUT2D eigenvalue weighted by atomic mass is 35.5. The normalized spacial score (nSPS) is 12.9. The summed E-state index contributed by atoms with van der Waals surface area (Å²) in [4.78, 5) is 37.1. The van der Waals surface area contributed by atoms with Crippen LogP contribution in [0, 0.1) is 11.8 Å². The molecule has 9 heteroatoms. The second-order valence-electron chi connectivity index (χ2n) is 7.24. The highest BCUT2D eigenvalue weighted by Gasteiger charge is 2.28. The molecular formula is C20H30ClN3O4S. The molecule has 0 heterocycles. The predicted molar refractivity (Wildman–Crippen MR) is 116 cm³/mol. The van der Waals surface area contributed by atoms with E-state index in [1.165, 1.54) is 0 Å². The minimum absolute atomic E-state index is 0.151. The van der Waals surface area contributed by atoms with E-state index < -0.39 is 17.9 Å². The van der Waals surface area contributed by atoms with Crippen molar-refractivity contribution in [1.29, 1.82) is 0 Å². The molecule has 0 fully saturated rings. The summed E-state index contributed by atoms with van der Waals surface area (Å²) in [5, 5.41) is 15.0. The van der Waals surface area contributed by atoms with Crippen molar-refractivity contribution in [2.24, 2.45) is 11.8 Å². The second kappa shape index (κ2) is 13.5. The molecule has 0 aromatic heterocycles. The zero-order valence-electron chi connectivity index (χ0n) is 17.0. The maximum Gasteiger partial charge on any atom is 0.244 e. The Morgan fingerprint density at radius 3 is 2.34 bits per heavy atom. The van der Waals surface area contributed by atoms with Crippen molar-refractivity contribution in [2.45, 2.75) is 39.2 Å². The molecule has 0 saturated carbocycles. The summed E-state index contributed by atoms with van der Waals surface area (Å²) in [6.45, 7) is 4.38. The highest BCUT2D eigenvalue weighted by molar-refractivity contribution is 7.98. The number of thioether (sulfide) groups is 1. The molecule has 4 N–H and O–H groups in total. The van der Waals surface area contributed by atoms with Crippen LogP contribution in [0.15, 0.2) is 24.3 Å². The summed E-state index contributed by atoms with van der Waals surface area (Å²) in [5.41, 5.74) is 2.42. The minimum Gasteiger partial charge on any atom is -0.353 e. The lowest BCUT2D eigenvalue weighted by Crippen LogP contribution is -2.50. The third-order valence-electron chi connectivity index (χ3n) is 4.27. The van der Waals surface area contributed by atoms with Crippen LogP contribution in [0.25, 0.3) is 0 Å². The van der Waals surface area contributed by atoms with Gasteiger partial charge in [-0.2, -0.15) is 11.8 Å². The highest BCUT2D eigenvalue weighted by Crippen LogP contribution is 2.17. The van der Waals surface area contributed by atoms with Gasteiger partial charge in [-0.3, -0.25) is 19.6 Å². The number of halogens is 1. The molecule has 0 saturated heterocycles. The van der Waals surface area contributed by atoms with Crippen LogP contribution in [0.5, 0.6) is 0 Å². The van der Waals surface area contributed by atoms with Gasteiger partial charge in [0.2, 0.25) is 17.7 Å². The lowest BCUT2D eigenvalue weighted by atomic mass is 9.92. The van der Waals surface area contributed by atoms with E-state index in [1.54, 1.807) is 29.4 Å². The fourth-order valence-electron chi connectivity index (χ4n) is 2.88. The van der Waals surface area contributed by atoms with E-state index in [1.807, 2.05) is 32.2 Å². The quantitative estimate of drug-likeness (QED) is 0.225. The zero-order chi connectivity index (χ0) is 21.8. The summed E-state index contributed by atoms with van der Waals surface area (Å²) in [5.74, 6) is -1.01. The summed E-state index contributed by atoms with van der Waals surface area (Å²) in [6, 6.07) is 6.30. The van der Waals surface area contributed by atoms with Gasteiger partial charge in [0.15, 0.2) is 0 Å². The van der Waals surface area contributed by atoms with Crippen molar-refractivity contribution < 1.29 is 19.6 Å². The molecule has 1 aromatic rings. The molecule has 0 aliphatic rings. The van der Waals surface area contributed by atoms with Gasteiger partial charge in [0.05, 0.1) is 0 Å². The largest absolute Gasteiger partial charge is 0.353 e. The Bertz CT molecular complexity index is 670. The third kappa shape index (κ3) is 10.0. The second-order valence-corrected chi connectivity index (χ2v) is 8.66. The first kappa shape index (κ1) is 25.3. The van der Waals surface area contributed by atoms with E-state index in [0.717, 1.165) is 11.3 Å². The number of carbonyl (C=O) groups excluding carboxylic acids is 3. The van der Waals surface area contributed by atoms with E-state index in [9.17, 15) is 14.4 Å². The topological polar surface area (TPSA) is 108 Å². The summed E-state index contributed by atoms with van der Waals surface area (Å²) in [7, 11) is 0. The molecule has 1 unspecified atom stereocenters.